The van der Waals surface area contributed by atoms with Gasteiger partial charge in [-0.15, -0.1) is 0 Å². The van der Waals surface area contributed by atoms with Crippen molar-refractivity contribution in [3.05, 3.63) is 0 Å². The van der Waals surface area contributed by atoms with E-state index >= 15 is 0 Å². The Morgan fingerprint density at radius 3 is 2.48 bits per heavy atom. The lowest BCUT2D eigenvalue weighted by atomic mass is 9.93. The molecule has 0 aromatic rings. The van der Waals surface area contributed by atoms with Crippen molar-refractivity contribution in [1.29, 1.82) is 0 Å². The summed E-state index contributed by atoms with van der Waals surface area (Å²) in [5, 5.41) is 3.27. The van der Waals surface area contributed by atoms with Gasteiger partial charge in [0.2, 0.25) is 4.75 Å². The van der Waals surface area contributed by atoms with Crippen LogP contribution in [0.1, 0.15) is 39.5 Å². The van der Waals surface area contributed by atoms with Crippen LogP contribution in [0.25, 0.3) is 0 Å². The minimum atomic E-state index is -4.59. The van der Waals surface area contributed by atoms with Crippen LogP contribution in [-0.2, 0) is 4.79 Å². The molecule has 0 unspecified atom stereocenters. The second-order valence-electron chi connectivity index (χ2n) is 6.64. The van der Waals surface area contributed by atoms with Crippen molar-refractivity contribution in [2.24, 2.45) is 22.7 Å². The summed E-state index contributed by atoms with van der Waals surface area (Å²) in [6, 6.07) is 0.180. The number of carbonyl (C=O) groups excluding carboxylic acids is 1. The standard InChI is InChI=1S/C14H19F3N2OS/c1-7(2)13(14(15,16)17)11(20)19-12(21-13)18-10-6-8-3-4-9(10)5-8/h7-10H,3-6H2,1-2H3,(H,18,19,20)/t8-,9+,10+,13-/m1/s1. The van der Waals surface area contributed by atoms with Crippen molar-refractivity contribution < 1.29 is 18.0 Å². The van der Waals surface area contributed by atoms with Crippen LogP contribution in [0.3, 0.4) is 0 Å². The van der Waals surface area contributed by atoms with Gasteiger partial charge < -0.3 is 5.32 Å². The molecule has 2 saturated carbocycles. The van der Waals surface area contributed by atoms with Crippen LogP contribution in [0.2, 0.25) is 0 Å². The summed E-state index contributed by atoms with van der Waals surface area (Å²) >= 11 is 0.560. The Morgan fingerprint density at radius 1 is 1.33 bits per heavy atom. The van der Waals surface area contributed by atoms with E-state index in [1.807, 2.05) is 0 Å². The van der Waals surface area contributed by atoms with E-state index in [1.165, 1.54) is 20.3 Å². The summed E-state index contributed by atoms with van der Waals surface area (Å²) in [5.41, 5.74) is 0. The molecule has 0 aromatic carbocycles. The highest BCUT2D eigenvalue weighted by Gasteiger charge is 2.66. The number of fused-ring (bicyclic) bond motifs is 2. The van der Waals surface area contributed by atoms with E-state index < -0.39 is 22.7 Å². The van der Waals surface area contributed by atoms with Crippen LogP contribution in [0.5, 0.6) is 0 Å². The van der Waals surface area contributed by atoms with E-state index in [-0.39, 0.29) is 11.2 Å². The number of hydrogen-bond donors (Lipinski definition) is 1. The van der Waals surface area contributed by atoms with Crippen LogP contribution >= 0.6 is 11.8 Å². The largest absolute Gasteiger partial charge is 0.412 e. The molecule has 3 nitrogen and oxygen atoms in total. The van der Waals surface area contributed by atoms with Crippen LogP contribution in [0.15, 0.2) is 4.99 Å². The molecule has 0 saturated heterocycles. The van der Waals surface area contributed by atoms with Gasteiger partial charge in [-0.3, -0.25) is 4.79 Å². The fraction of sp³-hybridized carbons (Fsp3) is 0.857. The second kappa shape index (κ2) is 4.89. The number of thioether (sulfide) groups is 1. The Morgan fingerprint density at radius 2 is 2.05 bits per heavy atom. The summed E-state index contributed by atoms with van der Waals surface area (Å²) in [6.07, 6.45) is -0.107. The molecule has 1 N–H and O–H groups in total. The summed E-state index contributed by atoms with van der Waals surface area (Å²) in [6.45, 7) is 2.85. The molecule has 1 amide bonds. The first-order valence-corrected chi connectivity index (χ1v) is 8.21. The van der Waals surface area contributed by atoms with E-state index in [9.17, 15) is 18.0 Å². The molecule has 4 atom stereocenters. The molecule has 1 aliphatic heterocycles. The highest BCUT2D eigenvalue weighted by atomic mass is 32.2. The van der Waals surface area contributed by atoms with Gasteiger partial charge in [0.1, 0.15) is 0 Å². The predicted molar refractivity (Wildman–Crippen MR) is 76.0 cm³/mol. The topological polar surface area (TPSA) is 41.5 Å². The molecule has 2 fully saturated rings. The lowest BCUT2D eigenvalue weighted by Crippen LogP contribution is -2.51. The van der Waals surface area contributed by atoms with E-state index in [4.69, 9.17) is 0 Å². The lowest BCUT2D eigenvalue weighted by molar-refractivity contribution is -0.175. The third-order valence-corrected chi connectivity index (χ3v) is 6.66. The number of amidine groups is 1. The molecule has 0 radical (unpaired) electrons. The molecule has 0 aromatic heterocycles. The van der Waals surface area contributed by atoms with Gasteiger partial charge >= 0.3 is 6.18 Å². The number of carbonyl (C=O) groups is 1. The molecule has 21 heavy (non-hydrogen) atoms. The van der Waals surface area contributed by atoms with Gasteiger partial charge in [-0.25, -0.2) is 0 Å². The van der Waals surface area contributed by atoms with Gasteiger partial charge in [0, 0.05) is 6.04 Å². The summed E-state index contributed by atoms with van der Waals surface area (Å²) < 4.78 is 37.8. The number of aliphatic imine (C=N–C) groups is 1. The Bertz CT molecular complexity index is 491. The van der Waals surface area contributed by atoms with Crippen molar-refractivity contribution in [3.63, 3.8) is 0 Å². The summed E-state index contributed by atoms with van der Waals surface area (Å²) in [7, 11) is 0. The number of alkyl halides is 3. The predicted octanol–water partition coefficient (Wildman–Crippen LogP) is 3.35. The zero-order chi connectivity index (χ0) is 15.4. The van der Waals surface area contributed by atoms with Crippen LogP contribution in [-0.4, -0.2) is 28.0 Å². The zero-order valence-corrected chi connectivity index (χ0v) is 12.9. The molecule has 118 valence electrons. The van der Waals surface area contributed by atoms with Gasteiger partial charge in [0.25, 0.3) is 5.91 Å². The first kappa shape index (κ1) is 15.2. The monoisotopic (exact) mass is 320 g/mol. The smallest absolute Gasteiger partial charge is 0.361 e. The second-order valence-corrected chi connectivity index (χ2v) is 7.87. The first-order chi connectivity index (χ1) is 9.74. The fourth-order valence-electron chi connectivity index (χ4n) is 3.91. The average molecular weight is 320 g/mol. The normalized spacial score (nSPS) is 39.2. The molecule has 2 bridgehead atoms. The third kappa shape index (κ3) is 2.28. The number of rotatable bonds is 2. The highest BCUT2D eigenvalue weighted by Crippen LogP contribution is 2.51. The Labute approximate surface area is 126 Å². The number of nitrogens with one attached hydrogen (secondary N) is 1. The molecule has 2 aliphatic carbocycles. The van der Waals surface area contributed by atoms with Gasteiger partial charge in [0.15, 0.2) is 5.17 Å². The van der Waals surface area contributed by atoms with Crippen LogP contribution in [0, 0.1) is 17.8 Å². The van der Waals surface area contributed by atoms with Gasteiger partial charge in [-0.05, 0) is 37.0 Å². The van der Waals surface area contributed by atoms with E-state index in [0.29, 0.717) is 23.6 Å². The maximum Gasteiger partial charge on any atom is 0.412 e. The summed E-state index contributed by atoms with van der Waals surface area (Å²) in [5.74, 6) is -0.709. The molecule has 3 aliphatic rings. The maximum atomic E-state index is 13.4. The first-order valence-electron chi connectivity index (χ1n) is 7.39. The molecule has 0 spiro atoms. The Hall–Kier alpha value is -0.720. The Kier molecular flexibility index (Phi) is 3.54. The van der Waals surface area contributed by atoms with E-state index in [2.05, 4.69) is 10.3 Å². The van der Waals surface area contributed by atoms with Crippen LogP contribution < -0.4 is 5.32 Å². The molecule has 7 heteroatoms. The SMILES string of the molecule is CC(C)[C@@]1(C(F)(F)F)SC(N[C@H]2C[C@@H]3CC[C@H]2C3)=NC1=O. The van der Waals surface area contributed by atoms with Crippen molar-refractivity contribution in [2.45, 2.75) is 56.5 Å². The molecular formula is C14H19F3N2OS. The number of nitrogens with zero attached hydrogens (tertiary/aromatic N) is 1. The maximum absolute atomic E-state index is 13.4. The average Bonchev–Trinajstić information content (AvgIpc) is 3.02. The highest BCUT2D eigenvalue weighted by molar-refractivity contribution is 8.16. The molecule has 1 heterocycles. The minimum absolute atomic E-state index is 0.156. The fourth-order valence-corrected chi connectivity index (χ4v) is 5.04. The van der Waals surface area contributed by atoms with Gasteiger partial charge in [0.05, 0.1) is 0 Å². The molecular weight excluding hydrogens is 301 g/mol. The Balaban J connectivity index is 1.75. The quantitative estimate of drug-likeness (QED) is 0.848. The number of amides is 1. The van der Waals surface area contributed by atoms with Crippen molar-refractivity contribution in [3.8, 4) is 0 Å². The van der Waals surface area contributed by atoms with Crippen molar-refractivity contribution in [2.75, 3.05) is 0 Å². The minimum Gasteiger partial charge on any atom is -0.361 e. The molecule has 3 rings (SSSR count). The van der Waals surface area contributed by atoms with E-state index in [0.717, 1.165) is 19.3 Å². The van der Waals surface area contributed by atoms with Gasteiger partial charge in [-0.1, -0.05) is 32.0 Å². The zero-order valence-electron chi connectivity index (χ0n) is 12.0. The summed E-state index contributed by atoms with van der Waals surface area (Å²) in [4.78, 5) is 15.6. The van der Waals surface area contributed by atoms with Crippen LogP contribution in [0.4, 0.5) is 13.2 Å². The number of hydrogen-bond acceptors (Lipinski definition) is 3. The van der Waals surface area contributed by atoms with E-state index in [1.54, 1.807) is 0 Å². The lowest BCUT2D eigenvalue weighted by Gasteiger charge is -2.32. The third-order valence-electron chi connectivity index (χ3n) is 5.06. The number of halogens is 3. The van der Waals surface area contributed by atoms with Crippen molar-refractivity contribution in [1.82, 2.24) is 5.32 Å². The van der Waals surface area contributed by atoms with Gasteiger partial charge in [-0.2, -0.15) is 18.2 Å². The van der Waals surface area contributed by atoms with Crippen molar-refractivity contribution >= 4 is 22.8 Å².